The van der Waals surface area contributed by atoms with E-state index < -0.39 is 4.92 Å². The maximum absolute atomic E-state index is 13.6. The molecule has 0 radical (unpaired) electrons. The first kappa shape index (κ1) is 26.7. The van der Waals surface area contributed by atoms with Gasteiger partial charge in [0.25, 0.3) is 5.91 Å². The summed E-state index contributed by atoms with van der Waals surface area (Å²) in [5.74, 6) is 0.186. The molecule has 0 saturated heterocycles. The van der Waals surface area contributed by atoms with E-state index in [1.54, 1.807) is 33.5 Å². The van der Waals surface area contributed by atoms with E-state index in [9.17, 15) is 19.7 Å². The van der Waals surface area contributed by atoms with Gasteiger partial charge in [0.05, 0.1) is 46.3 Å². The molecule has 2 atom stereocenters. The summed E-state index contributed by atoms with van der Waals surface area (Å²) in [6.07, 6.45) is 10.8. The predicted molar refractivity (Wildman–Crippen MR) is 149 cm³/mol. The van der Waals surface area contributed by atoms with Crippen LogP contribution < -0.4 is 10.6 Å². The minimum atomic E-state index is -0.468. The number of carbonyl (C=O) groups excluding carboxylic acids is 2. The molecule has 3 aromatic rings. The number of anilines is 2. The highest BCUT2D eigenvalue weighted by molar-refractivity contribution is 9.10. The lowest BCUT2D eigenvalue weighted by molar-refractivity contribution is -0.390. The van der Waals surface area contributed by atoms with Crippen molar-refractivity contribution in [2.75, 3.05) is 10.6 Å². The van der Waals surface area contributed by atoms with Gasteiger partial charge in [0.2, 0.25) is 5.91 Å². The van der Waals surface area contributed by atoms with Gasteiger partial charge in [-0.1, -0.05) is 0 Å². The standard InChI is InChI=1S/C26H32BrN9O4/c1-4-34-22(24(38)31-19-11-28-33(3)15(19)2)20(12-29-34)30-21(37)10-25-6-16-5-17(7-25)9-26(8-16,14-25)35-13-18(27)23(32-35)36(39)40/h11-13,16-17H,4-10,14H2,1-3H3,(H,30,37)(H,31,38). The molecule has 4 aliphatic carbocycles. The van der Waals surface area contributed by atoms with Gasteiger partial charge in [0.15, 0.2) is 0 Å². The zero-order chi connectivity index (χ0) is 28.4. The Labute approximate surface area is 238 Å². The van der Waals surface area contributed by atoms with Crippen molar-refractivity contribution in [2.45, 2.75) is 70.9 Å². The van der Waals surface area contributed by atoms with Crippen molar-refractivity contribution < 1.29 is 14.5 Å². The van der Waals surface area contributed by atoms with Gasteiger partial charge in [-0.3, -0.25) is 19.0 Å². The summed E-state index contributed by atoms with van der Waals surface area (Å²) in [5.41, 5.74) is 1.51. The zero-order valence-electron chi connectivity index (χ0n) is 22.7. The van der Waals surface area contributed by atoms with Crippen LogP contribution in [0.1, 0.15) is 68.1 Å². The molecule has 4 fully saturated rings. The molecule has 0 aromatic carbocycles. The Morgan fingerprint density at radius 2 is 1.85 bits per heavy atom. The van der Waals surface area contributed by atoms with Gasteiger partial charge >= 0.3 is 5.82 Å². The molecule has 4 aliphatic rings. The number of nitrogens with zero attached hydrogens (tertiary/aromatic N) is 7. The van der Waals surface area contributed by atoms with E-state index in [0.717, 1.165) is 44.2 Å². The number of nitrogens with one attached hydrogen (secondary N) is 2. The van der Waals surface area contributed by atoms with Gasteiger partial charge in [-0.25, -0.2) is 0 Å². The predicted octanol–water partition coefficient (Wildman–Crippen LogP) is 4.39. The third-order valence-corrected chi connectivity index (χ3v) is 9.67. The number of aromatic nitrogens is 6. The lowest BCUT2D eigenvalue weighted by Crippen LogP contribution is -2.57. The second kappa shape index (κ2) is 9.53. The third kappa shape index (κ3) is 4.41. The molecule has 2 N–H and O–H groups in total. The van der Waals surface area contributed by atoms with E-state index in [4.69, 9.17) is 0 Å². The average molecular weight is 615 g/mol. The quantitative estimate of drug-likeness (QED) is 0.282. The van der Waals surface area contributed by atoms with Crippen LogP contribution in [0, 0.1) is 34.3 Å². The summed E-state index contributed by atoms with van der Waals surface area (Å²) in [4.78, 5) is 37.8. The van der Waals surface area contributed by atoms with E-state index in [0.29, 0.717) is 40.6 Å². The fourth-order valence-electron chi connectivity index (χ4n) is 7.88. The molecule has 0 spiro atoms. The Morgan fingerprint density at radius 1 is 1.15 bits per heavy atom. The average Bonchev–Trinajstić information content (AvgIpc) is 3.56. The molecule has 13 nitrogen and oxygen atoms in total. The first-order valence-corrected chi connectivity index (χ1v) is 14.4. The molecule has 3 aromatic heterocycles. The van der Waals surface area contributed by atoms with Crippen molar-refractivity contribution in [2.24, 2.45) is 24.3 Å². The highest BCUT2D eigenvalue weighted by Gasteiger charge is 2.60. The molecule has 40 heavy (non-hydrogen) atoms. The SMILES string of the molecule is CCn1ncc(NC(=O)CC23CC4CC(C2)CC(n2cc(Br)c([N+](=O)[O-])n2)(C4)C3)c1C(=O)Nc1cnn(C)c1C. The van der Waals surface area contributed by atoms with Gasteiger partial charge in [0, 0.05) is 20.0 Å². The van der Waals surface area contributed by atoms with Crippen LogP contribution in [0.25, 0.3) is 0 Å². The summed E-state index contributed by atoms with van der Waals surface area (Å²) in [5, 5.41) is 30.2. The molecule has 14 heteroatoms. The second-order valence-electron chi connectivity index (χ2n) is 11.9. The summed E-state index contributed by atoms with van der Waals surface area (Å²) < 4.78 is 5.42. The number of nitro groups is 1. The van der Waals surface area contributed by atoms with Crippen molar-refractivity contribution in [1.82, 2.24) is 29.3 Å². The molecule has 7 rings (SSSR count). The van der Waals surface area contributed by atoms with Crippen molar-refractivity contribution in [1.29, 1.82) is 0 Å². The van der Waals surface area contributed by atoms with Crippen LogP contribution >= 0.6 is 15.9 Å². The van der Waals surface area contributed by atoms with Gasteiger partial charge in [-0.05, 0) is 90.5 Å². The van der Waals surface area contributed by atoms with E-state index >= 15 is 0 Å². The maximum Gasteiger partial charge on any atom is 0.404 e. The van der Waals surface area contributed by atoms with E-state index in [1.165, 1.54) is 6.20 Å². The van der Waals surface area contributed by atoms with Gasteiger partial charge in [-0.2, -0.15) is 14.9 Å². The van der Waals surface area contributed by atoms with Crippen molar-refractivity contribution in [3.63, 3.8) is 0 Å². The zero-order valence-corrected chi connectivity index (χ0v) is 24.3. The number of hydrogen-bond donors (Lipinski definition) is 2. The summed E-state index contributed by atoms with van der Waals surface area (Å²) in [6, 6.07) is 0. The Bertz CT molecular complexity index is 1510. The minimum Gasteiger partial charge on any atom is -0.358 e. The first-order valence-electron chi connectivity index (χ1n) is 13.6. The number of hydrogen-bond acceptors (Lipinski definition) is 7. The van der Waals surface area contributed by atoms with E-state index in [2.05, 4.69) is 41.9 Å². The third-order valence-electron chi connectivity index (χ3n) is 9.11. The lowest BCUT2D eigenvalue weighted by Gasteiger charge is -2.61. The van der Waals surface area contributed by atoms with Gasteiger partial charge in [0.1, 0.15) is 10.2 Å². The van der Waals surface area contributed by atoms with Crippen LogP contribution in [-0.4, -0.2) is 46.1 Å². The number of aryl methyl sites for hydroxylation is 2. The Kier molecular flexibility index (Phi) is 6.35. The molecule has 0 aliphatic heterocycles. The fourth-order valence-corrected chi connectivity index (χ4v) is 8.30. The number of carbonyl (C=O) groups is 2. The maximum atomic E-state index is 13.6. The minimum absolute atomic E-state index is 0.160. The Hall–Kier alpha value is -3.55. The monoisotopic (exact) mass is 613 g/mol. The second-order valence-corrected chi connectivity index (χ2v) is 12.7. The van der Waals surface area contributed by atoms with Crippen LogP contribution in [0.15, 0.2) is 23.1 Å². The highest BCUT2D eigenvalue weighted by atomic mass is 79.9. The van der Waals surface area contributed by atoms with Crippen LogP contribution in [-0.2, 0) is 23.9 Å². The fraction of sp³-hybridized carbons (Fsp3) is 0.577. The highest BCUT2D eigenvalue weighted by Crippen LogP contribution is 2.65. The van der Waals surface area contributed by atoms with E-state index in [-0.39, 0.29) is 34.3 Å². The summed E-state index contributed by atoms with van der Waals surface area (Å²) in [6.45, 7) is 4.21. The normalized spacial score (nSPS) is 26.7. The molecule has 2 unspecified atom stereocenters. The Balaban J connectivity index is 1.22. The molecule has 4 bridgehead atoms. The van der Waals surface area contributed by atoms with Crippen molar-refractivity contribution in [3.8, 4) is 0 Å². The molecule has 2 amide bonds. The summed E-state index contributed by atoms with van der Waals surface area (Å²) >= 11 is 3.31. The molecular weight excluding hydrogens is 582 g/mol. The smallest absolute Gasteiger partial charge is 0.358 e. The number of halogens is 1. The molecule has 3 heterocycles. The Morgan fingerprint density at radius 3 is 2.45 bits per heavy atom. The number of rotatable bonds is 8. The van der Waals surface area contributed by atoms with Crippen molar-refractivity contribution >= 4 is 44.9 Å². The van der Waals surface area contributed by atoms with Crippen LogP contribution in [0.3, 0.4) is 0 Å². The van der Waals surface area contributed by atoms with Crippen LogP contribution in [0.4, 0.5) is 17.2 Å². The molecular formula is C26H32BrN9O4. The number of amides is 2. The molecule has 4 saturated carbocycles. The topological polar surface area (TPSA) is 155 Å². The largest absolute Gasteiger partial charge is 0.404 e. The molecule has 212 valence electrons. The summed E-state index contributed by atoms with van der Waals surface area (Å²) in [7, 11) is 1.80. The van der Waals surface area contributed by atoms with E-state index in [1.807, 2.05) is 13.8 Å². The van der Waals surface area contributed by atoms with Crippen molar-refractivity contribution in [3.05, 3.63) is 44.6 Å². The van der Waals surface area contributed by atoms with Crippen LogP contribution in [0.5, 0.6) is 0 Å². The van der Waals surface area contributed by atoms with Gasteiger partial charge < -0.3 is 20.7 Å². The van der Waals surface area contributed by atoms with Gasteiger partial charge in [-0.15, -0.1) is 0 Å². The first-order chi connectivity index (χ1) is 19.0. The van der Waals surface area contributed by atoms with Crippen LogP contribution in [0.2, 0.25) is 0 Å². The lowest BCUT2D eigenvalue weighted by atomic mass is 9.46.